The lowest BCUT2D eigenvalue weighted by Crippen LogP contribution is -2.42. The summed E-state index contributed by atoms with van der Waals surface area (Å²) in [5.74, 6) is -0.706. The first kappa shape index (κ1) is 15.0. The lowest BCUT2D eigenvalue weighted by molar-refractivity contribution is -0.146. The Morgan fingerprint density at radius 1 is 1.40 bits per heavy atom. The minimum Gasteiger partial charge on any atom is -0.469 e. The molecule has 0 amide bonds. The van der Waals surface area contributed by atoms with Crippen molar-refractivity contribution in [1.29, 1.82) is 0 Å². The number of benzene rings is 1. The van der Waals surface area contributed by atoms with Gasteiger partial charge >= 0.3 is 5.97 Å². The fraction of sp³-hybridized carbons (Fsp3) is 0.500. The first-order chi connectivity index (χ1) is 9.45. The molecule has 1 unspecified atom stereocenters. The Morgan fingerprint density at radius 3 is 2.80 bits per heavy atom. The van der Waals surface area contributed by atoms with Gasteiger partial charge in [0.25, 0.3) is 0 Å². The number of piperidine rings is 1. The molecular weight excluding hydrogens is 278 g/mol. The quantitative estimate of drug-likeness (QED) is 0.794. The summed E-state index contributed by atoms with van der Waals surface area (Å²) in [6.07, 6.45) is 1.34. The van der Waals surface area contributed by atoms with Crippen LogP contribution in [0.25, 0.3) is 0 Å². The van der Waals surface area contributed by atoms with Gasteiger partial charge in [-0.1, -0.05) is 12.1 Å². The van der Waals surface area contributed by atoms with Gasteiger partial charge in [0.05, 0.1) is 17.9 Å². The van der Waals surface area contributed by atoms with Crippen LogP contribution in [-0.2, 0) is 19.6 Å². The summed E-state index contributed by atoms with van der Waals surface area (Å²) >= 11 is 0. The molecule has 0 bridgehead atoms. The maximum Gasteiger partial charge on any atom is 0.309 e. The van der Waals surface area contributed by atoms with Gasteiger partial charge in [-0.05, 0) is 37.5 Å². The minimum absolute atomic E-state index is 0.197. The van der Waals surface area contributed by atoms with E-state index in [2.05, 4.69) is 0 Å². The van der Waals surface area contributed by atoms with E-state index in [0.717, 1.165) is 5.56 Å². The van der Waals surface area contributed by atoms with Crippen molar-refractivity contribution < 1.29 is 17.9 Å². The Kier molecular flexibility index (Phi) is 4.45. The molecule has 1 atom stereocenters. The highest BCUT2D eigenvalue weighted by molar-refractivity contribution is 7.89. The number of carbonyl (C=O) groups is 1. The molecule has 1 aliphatic rings. The lowest BCUT2D eigenvalue weighted by Gasteiger charge is -2.30. The van der Waals surface area contributed by atoms with E-state index in [-0.39, 0.29) is 23.3 Å². The molecule has 1 saturated heterocycles. The number of carbonyl (C=O) groups excluding carboxylic acids is 1. The van der Waals surface area contributed by atoms with Gasteiger partial charge in [-0.2, -0.15) is 4.31 Å². The van der Waals surface area contributed by atoms with E-state index in [1.165, 1.54) is 11.4 Å². The molecule has 110 valence electrons. The molecule has 0 aromatic heterocycles. The number of sulfonamides is 1. The predicted octanol–water partition coefficient (Wildman–Crippen LogP) is 1.57. The van der Waals surface area contributed by atoms with Crippen LogP contribution < -0.4 is 0 Å². The van der Waals surface area contributed by atoms with Crippen LogP contribution in [0, 0.1) is 12.8 Å². The Labute approximate surface area is 119 Å². The highest BCUT2D eigenvalue weighted by Gasteiger charge is 2.33. The summed E-state index contributed by atoms with van der Waals surface area (Å²) in [4.78, 5) is 11.9. The SMILES string of the molecule is COC(=O)C1CCCN(S(=O)(=O)c2cccc(C)c2)C1. The summed E-state index contributed by atoms with van der Waals surface area (Å²) in [6, 6.07) is 6.82. The molecular formula is C14H19NO4S. The Bertz CT molecular complexity index is 597. The summed E-state index contributed by atoms with van der Waals surface area (Å²) < 4.78 is 31.2. The summed E-state index contributed by atoms with van der Waals surface area (Å²) in [6.45, 7) is 2.50. The van der Waals surface area contributed by atoms with Crippen LogP contribution in [0.5, 0.6) is 0 Å². The third kappa shape index (κ3) is 3.02. The van der Waals surface area contributed by atoms with E-state index in [1.807, 2.05) is 13.0 Å². The number of esters is 1. The van der Waals surface area contributed by atoms with Crippen LogP contribution in [0.15, 0.2) is 29.2 Å². The van der Waals surface area contributed by atoms with Gasteiger partial charge in [-0.25, -0.2) is 8.42 Å². The molecule has 1 aromatic rings. The molecule has 1 fully saturated rings. The monoisotopic (exact) mass is 297 g/mol. The summed E-state index contributed by atoms with van der Waals surface area (Å²) in [5, 5.41) is 0. The fourth-order valence-electron chi connectivity index (χ4n) is 2.44. The molecule has 6 heteroatoms. The number of hydrogen-bond acceptors (Lipinski definition) is 4. The van der Waals surface area contributed by atoms with Crippen LogP contribution in [0.1, 0.15) is 18.4 Å². The van der Waals surface area contributed by atoms with Crippen molar-refractivity contribution >= 4 is 16.0 Å². The van der Waals surface area contributed by atoms with Crippen LogP contribution in [-0.4, -0.2) is 38.9 Å². The Balaban J connectivity index is 2.23. The van der Waals surface area contributed by atoms with Crippen molar-refractivity contribution in [2.75, 3.05) is 20.2 Å². The molecule has 1 aromatic carbocycles. The first-order valence-electron chi connectivity index (χ1n) is 6.60. The van der Waals surface area contributed by atoms with Gasteiger partial charge in [0.1, 0.15) is 0 Å². The van der Waals surface area contributed by atoms with Gasteiger partial charge < -0.3 is 4.74 Å². The van der Waals surface area contributed by atoms with E-state index in [9.17, 15) is 13.2 Å². The van der Waals surface area contributed by atoms with Crippen LogP contribution in [0.2, 0.25) is 0 Å². The minimum atomic E-state index is -3.53. The highest BCUT2D eigenvalue weighted by atomic mass is 32.2. The Morgan fingerprint density at radius 2 is 2.15 bits per heavy atom. The molecule has 2 rings (SSSR count). The van der Waals surface area contributed by atoms with E-state index in [1.54, 1.807) is 18.2 Å². The van der Waals surface area contributed by atoms with Gasteiger partial charge in [0.15, 0.2) is 0 Å². The second-order valence-electron chi connectivity index (χ2n) is 5.04. The second-order valence-corrected chi connectivity index (χ2v) is 6.98. The third-order valence-electron chi connectivity index (χ3n) is 3.55. The molecule has 0 aliphatic carbocycles. The number of aryl methyl sites for hydroxylation is 1. The molecule has 0 saturated carbocycles. The normalized spacial score (nSPS) is 20.6. The van der Waals surface area contributed by atoms with Gasteiger partial charge in [-0.15, -0.1) is 0 Å². The highest BCUT2D eigenvalue weighted by Crippen LogP contribution is 2.24. The zero-order chi connectivity index (χ0) is 14.8. The van der Waals surface area contributed by atoms with E-state index < -0.39 is 10.0 Å². The maximum absolute atomic E-state index is 12.6. The summed E-state index contributed by atoms with van der Waals surface area (Å²) in [5.41, 5.74) is 0.896. The molecule has 20 heavy (non-hydrogen) atoms. The third-order valence-corrected chi connectivity index (χ3v) is 5.41. The molecule has 0 spiro atoms. The molecule has 5 nitrogen and oxygen atoms in total. The Hall–Kier alpha value is -1.40. The van der Waals surface area contributed by atoms with Crippen molar-refractivity contribution in [2.45, 2.75) is 24.7 Å². The molecule has 1 aliphatic heterocycles. The van der Waals surface area contributed by atoms with Crippen LogP contribution in [0.3, 0.4) is 0 Å². The summed E-state index contributed by atoms with van der Waals surface area (Å²) in [7, 11) is -2.20. The van der Waals surface area contributed by atoms with E-state index >= 15 is 0 Å². The molecule has 1 heterocycles. The predicted molar refractivity (Wildman–Crippen MR) is 74.7 cm³/mol. The largest absolute Gasteiger partial charge is 0.469 e. The smallest absolute Gasteiger partial charge is 0.309 e. The van der Waals surface area contributed by atoms with Gasteiger partial charge in [0, 0.05) is 13.1 Å². The van der Waals surface area contributed by atoms with Crippen molar-refractivity contribution in [3.63, 3.8) is 0 Å². The van der Waals surface area contributed by atoms with Crippen LogP contribution >= 0.6 is 0 Å². The topological polar surface area (TPSA) is 63.7 Å². The van der Waals surface area contributed by atoms with Crippen molar-refractivity contribution in [3.8, 4) is 0 Å². The number of nitrogens with zero attached hydrogens (tertiary/aromatic N) is 1. The van der Waals surface area contributed by atoms with Crippen molar-refractivity contribution in [3.05, 3.63) is 29.8 Å². The number of hydrogen-bond donors (Lipinski definition) is 0. The van der Waals surface area contributed by atoms with Crippen LogP contribution in [0.4, 0.5) is 0 Å². The van der Waals surface area contributed by atoms with Gasteiger partial charge in [-0.3, -0.25) is 4.79 Å². The zero-order valence-electron chi connectivity index (χ0n) is 11.7. The standard InChI is InChI=1S/C14H19NO4S/c1-11-5-3-7-13(9-11)20(17,18)15-8-4-6-12(10-15)14(16)19-2/h3,5,7,9,12H,4,6,8,10H2,1-2H3. The van der Waals surface area contributed by atoms with E-state index in [4.69, 9.17) is 4.74 Å². The van der Waals surface area contributed by atoms with E-state index in [0.29, 0.717) is 19.4 Å². The average Bonchev–Trinajstić information content (AvgIpc) is 2.46. The average molecular weight is 297 g/mol. The number of ether oxygens (including phenoxy) is 1. The first-order valence-corrected chi connectivity index (χ1v) is 8.04. The lowest BCUT2D eigenvalue weighted by atomic mass is 10.0. The fourth-order valence-corrected chi connectivity index (χ4v) is 4.07. The van der Waals surface area contributed by atoms with Crippen molar-refractivity contribution in [1.82, 2.24) is 4.31 Å². The van der Waals surface area contributed by atoms with Crippen molar-refractivity contribution in [2.24, 2.45) is 5.92 Å². The molecule has 0 N–H and O–H groups in total. The second kappa shape index (κ2) is 5.93. The zero-order valence-corrected chi connectivity index (χ0v) is 12.5. The number of methoxy groups -OCH3 is 1. The molecule has 0 radical (unpaired) electrons. The maximum atomic E-state index is 12.6. The number of rotatable bonds is 3. The van der Waals surface area contributed by atoms with Gasteiger partial charge in [0.2, 0.25) is 10.0 Å².